The van der Waals surface area contributed by atoms with E-state index in [9.17, 15) is 9.59 Å². The van der Waals surface area contributed by atoms with E-state index < -0.39 is 11.9 Å². The van der Waals surface area contributed by atoms with Crippen LogP contribution in [0.5, 0.6) is 5.75 Å². The van der Waals surface area contributed by atoms with Gasteiger partial charge in [-0.15, -0.1) is 0 Å². The summed E-state index contributed by atoms with van der Waals surface area (Å²) in [4.78, 5) is 24.8. The molecule has 1 amide bonds. The summed E-state index contributed by atoms with van der Waals surface area (Å²) in [6.07, 6.45) is 3.45. The van der Waals surface area contributed by atoms with Gasteiger partial charge in [-0.2, -0.15) is 0 Å². The number of halogens is 1. The average molecular weight is 384 g/mol. The van der Waals surface area contributed by atoms with Gasteiger partial charge in [0.1, 0.15) is 5.75 Å². The van der Waals surface area contributed by atoms with Crippen molar-refractivity contribution in [2.75, 3.05) is 19.7 Å². The smallest absolute Gasteiger partial charge is 0.308 e. The number of carboxylic acid groups (broad SMARTS) is 1. The van der Waals surface area contributed by atoms with Crippen molar-refractivity contribution in [3.63, 3.8) is 0 Å². The number of carboxylic acids is 1. The van der Waals surface area contributed by atoms with Crippen LogP contribution in [0, 0.1) is 5.92 Å². The molecule has 2 rings (SSSR count). The van der Waals surface area contributed by atoms with Gasteiger partial charge in [0.25, 0.3) is 0 Å². The first kappa shape index (κ1) is 17.8. The van der Waals surface area contributed by atoms with Gasteiger partial charge in [-0.3, -0.25) is 9.59 Å². The number of aliphatic carboxylic acids is 1. The number of hydrogen-bond acceptors (Lipinski definition) is 3. The van der Waals surface area contributed by atoms with Gasteiger partial charge in [-0.05, 0) is 49.9 Å². The van der Waals surface area contributed by atoms with Gasteiger partial charge in [-0.1, -0.05) is 15.9 Å². The van der Waals surface area contributed by atoms with Crippen molar-refractivity contribution in [2.24, 2.45) is 5.92 Å². The normalized spacial score (nSPS) is 17.8. The summed E-state index contributed by atoms with van der Waals surface area (Å²) in [7, 11) is 0. The Kier molecular flexibility index (Phi) is 6.89. The molecule has 1 N–H and O–H groups in total. The topological polar surface area (TPSA) is 66.8 Å². The van der Waals surface area contributed by atoms with E-state index >= 15 is 0 Å². The second kappa shape index (κ2) is 8.91. The summed E-state index contributed by atoms with van der Waals surface area (Å²) in [5.41, 5.74) is 0. The van der Waals surface area contributed by atoms with E-state index in [0.29, 0.717) is 32.5 Å². The lowest BCUT2D eigenvalue weighted by atomic mass is 9.98. The van der Waals surface area contributed by atoms with Crippen LogP contribution in [-0.4, -0.2) is 41.6 Å². The summed E-state index contributed by atoms with van der Waals surface area (Å²) >= 11 is 3.37. The number of ether oxygens (including phenoxy) is 1. The first-order valence-corrected chi connectivity index (χ1v) is 8.74. The number of benzene rings is 1. The fourth-order valence-corrected chi connectivity index (χ4v) is 2.93. The minimum absolute atomic E-state index is 0.0552. The van der Waals surface area contributed by atoms with Crippen LogP contribution < -0.4 is 4.74 Å². The highest BCUT2D eigenvalue weighted by Crippen LogP contribution is 2.18. The molecule has 1 fully saturated rings. The molecule has 0 saturated carbocycles. The molecule has 0 aliphatic carbocycles. The summed E-state index contributed by atoms with van der Waals surface area (Å²) in [5, 5.41) is 9.05. The van der Waals surface area contributed by atoms with Gasteiger partial charge in [-0.25, -0.2) is 0 Å². The molecule has 1 saturated heterocycles. The Labute approximate surface area is 144 Å². The van der Waals surface area contributed by atoms with E-state index in [1.54, 1.807) is 4.90 Å². The maximum absolute atomic E-state index is 12.1. The highest BCUT2D eigenvalue weighted by atomic mass is 79.9. The van der Waals surface area contributed by atoms with Gasteiger partial charge in [0.2, 0.25) is 5.91 Å². The zero-order valence-electron chi connectivity index (χ0n) is 13.0. The highest BCUT2D eigenvalue weighted by Gasteiger charge is 2.27. The molecule has 1 aliphatic rings. The van der Waals surface area contributed by atoms with Crippen molar-refractivity contribution in [1.29, 1.82) is 0 Å². The van der Waals surface area contributed by atoms with Crippen molar-refractivity contribution >= 4 is 27.8 Å². The number of carbonyl (C=O) groups excluding carboxylic acids is 1. The Bertz CT molecular complexity index is 532. The quantitative estimate of drug-likeness (QED) is 0.733. The summed E-state index contributed by atoms with van der Waals surface area (Å²) < 4.78 is 6.62. The van der Waals surface area contributed by atoms with Crippen molar-refractivity contribution in [3.05, 3.63) is 28.7 Å². The molecule has 5 nitrogen and oxygen atoms in total. The largest absolute Gasteiger partial charge is 0.494 e. The van der Waals surface area contributed by atoms with E-state index in [0.717, 1.165) is 29.5 Å². The molecule has 126 valence electrons. The molecule has 0 bridgehead atoms. The van der Waals surface area contributed by atoms with E-state index in [1.165, 1.54) is 0 Å². The lowest BCUT2D eigenvalue weighted by molar-refractivity contribution is -0.145. The maximum Gasteiger partial charge on any atom is 0.308 e. The molecule has 0 spiro atoms. The fourth-order valence-electron chi connectivity index (χ4n) is 2.66. The van der Waals surface area contributed by atoms with Crippen LogP contribution in [0.2, 0.25) is 0 Å². The summed E-state index contributed by atoms with van der Waals surface area (Å²) in [6, 6.07) is 7.65. The monoisotopic (exact) mass is 383 g/mol. The van der Waals surface area contributed by atoms with Gasteiger partial charge >= 0.3 is 5.97 Å². The van der Waals surface area contributed by atoms with Crippen molar-refractivity contribution < 1.29 is 19.4 Å². The predicted molar refractivity (Wildman–Crippen MR) is 90.4 cm³/mol. The van der Waals surface area contributed by atoms with Gasteiger partial charge < -0.3 is 14.7 Å². The van der Waals surface area contributed by atoms with Gasteiger partial charge in [0.15, 0.2) is 0 Å². The molecule has 0 radical (unpaired) electrons. The minimum atomic E-state index is -0.801. The molecular formula is C17H22BrNO4. The van der Waals surface area contributed by atoms with E-state index in [-0.39, 0.29) is 5.91 Å². The molecule has 1 aromatic carbocycles. The SMILES string of the molecule is O=C(O)[C@H]1CCCN(C(=O)CCCCOc2ccc(Br)cc2)C1. The molecule has 0 aromatic heterocycles. The second-order valence-electron chi connectivity index (χ2n) is 5.78. The Morgan fingerprint density at radius 1 is 1.26 bits per heavy atom. The van der Waals surface area contributed by atoms with Gasteiger partial charge in [0, 0.05) is 24.0 Å². The van der Waals surface area contributed by atoms with E-state index in [2.05, 4.69) is 15.9 Å². The average Bonchev–Trinajstić information content (AvgIpc) is 2.56. The Morgan fingerprint density at radius 2 is 2.00 bits per heavy atom. The molecule has 1 aliphatic heterocycles. The van der Waals surface area contributed by atoms with E-state index in [4.69, 9.17) is 9.84 Å². The molecule has 0 unspecified atom stereocenters. The Hall–Kier alpha value is -1.56. The van der Waals surface area contributed by atoms with Gasteiger partial charge in [0.05, 0.1) is 12.5 Å². The third-order valence-corrected chi connectivity index (χ3v) is 4.52. The highest BCUT2D eigenvalue weighted by molar-refractivity contribution is 9.10. The minimum Gasteiger partial charge on any atom is -0.494 e. The van der Waals surface area contributed by atoms with Crippen LogP contribution in [0.3, 0.4) is 0 Å². The van der Waals surface area contributed by atoms with Crippen LogP contribution >= 0.6 is 15.9 Å². The second-order valence-corrected chi connectivity index (χ2v) is 6.69. The first-order chi connectivity index (χ1) is 11.1. The lowest BCUT2D eigenvalue weighted by Crippen LogP contribution is -2.42. The Morgan fingerprint density at radius 3 is 2.70 bits per heavy atom. The summed E-state index contributed by atoms with van der Waals surface area (Å²) in [5.74, 6) is -0.335. The third-order valence-electron chi connectivity index (χ3n) is 3.99. The molecule has 1 aromatic rings. The number of rotatable bonds is 7. The lowest BCUT2D eigenvalue weighted by Gasteiger charge is -2.30. The Balaban J connectivity index is 1.62. The van der Waals surface area contributed by atoms with Crippen molar-refractivity contribution in [1.82, 2.24) is 4.90 Å². The van der Waals surface area contributed by atoms with Crippen LogP contribution in [0.1, 0.15) is 32.1 Å². The number of carbonyl (C=O) groups is 2. The molecular weight excluding hydrogens is 362 g/mol. The maximum atomic E-state index is 12.1. The van der Waals surface area contributed by atoms with Crippen LogP contribution in [-0.2, 0) is 9.59 Å². The van der Waals surface area contributed by atoms with Crippen molar-refractivity contribution in [2.45, 2.75) is 32.1 Å². The molecule has 1 heterocycles. The zero-order valence-corrected chi connectivity index (χ0v) is 14.6. The molecule has 1 atom stereocenters. The number of hydrogen-bond donors (Lipinski definition) is 1. The van der Waals surface area contributed by atoms with Crippen LogP contribution in [0.25, 0.3) is 0 Å². The molecule has 6 heteroatoms. The zero-order chi connectivity index (χ0) is 16.7. The standard InChI is InChI=1S/C17H22BrNO4/c18-14-6-8-15(9-7-14)23-11-2-1-5-16(20)19-10-3-4-13(12-19)17(21)22/h6-9,13H,1-5,10-12H2,(H,21,22)/t13-/m0/s1. The number of piperidine rings is 1. The number of amides is 1. The number of nitrogens with zero attached hydrogens (tertiary/aromatic N) is 1. The van der Waals surface area contributed by atoms with Crippen LogP contribution in [0.4, 0.5) is 0 Å². The fraction of sp³-hybridized carbons (Fsp3) is 0.529. The van der Waals surface area contributed by atoms with E-state index in [1.807, 2.05) is 24.3 Å². The van der Waals surface area contributed by atoms with Crippen LogP contribution in [0.15, 0.2) is 28.7 Å². The summed E-state index contributed by atoms with van der Waals surface area (Å²) in [6.45, 7) is 1.61. The third kappa shape index (κ3) is 5.86. The predicted octanol–water partition coefficient (Wildman–Crippen LogP) is 3.32. The first-order valence-electron chi connectivity index (χ1n) is 7.95. The molecule has 23 heavy (non-hydrogen) atoms. The number of unbranched alkanes of at least 4 members (excludes halogenated alkanes) is 1. The van der Waals surface area contributed by atoms with Crippen molar-refractivity contribution in [3.8, 4) is 5.75 Å². The number of likely N-dealkylation sites (tertiary alicyclic amines) is 1.